The Labute approximate surface area is 173 Å². The summed E-state index contributed by atoms with van der Waals surface area (Å²) in [4.78, 5) is 2.15. The molecule has 0 atom stereocenters. The standard InChI is InChI=1S/C21H27ClO3SSi/c1-5-23-27(24-6-2,25-7-3)16-21(18-10-8-17(4)9-11-18)26-20-14-12-19(22)13-15-20/h8-16H,5-7H2,1-4H3/b21-16-. The maximum absolute atomic E-state index is 6.04. The Hall–Kier alpha value is -1.08. The van der Waals surface area contributed by atoms with Crippen LogP contribution in [-0.2, 0) is 13.3 Å². The number of hydrogen-bond acceptors (Lipinski definition) is 4. The van der Waals surface area contributed by atoms with E-state index in [1.54, 1.807) is 11.8 Å². The van der Waals surface area contributed by atoms with E-state index < -0.39 is 8.80 Å². The van der Waals surface area contributed by atoms with Crippen molar-refractivity contribution >= 4 is 37.1 Å². The highest BCUT2D eigenvalue weighted by Gasteiger charge is 2.39. The van der Waals surface area contributed by atoms with Crippen molar-refractivity contribution in [2.45, 2.75) is 32.6 Å². The largest absolute Gasteiger partial charge is 0.530 e. The molecule has 0 saturated heterocycles. The Kier molecular flexibility index (Phi) is 9.09. The van der Waals surface area contributed by atoms with Gasteiger partial charge >= 0.3 is 8.80 Å². The molecule has 0 aliphatic carbocycles. The molecule has 2 aromatic carbocycles. The molecule has 0 fully saturated rings. The number of halogens is 1. The van der Waals surface area contributed by atoms with Crippen molar-refractivity contribution in [2.24, 2.45) is 0 Å². The van der Waals surface area contributed by atoms with E-state index in [-0.39, 0.29) is 0 Å². The maximum Gasteiger partial charge on any atom is 0.530 e. The zero-order valence-corrected chi connectivity index (χ0v) is 18.9. The van der Waals surface area contributed by atoms with Gasteiger partial charge in [0.25, 0.3) is 0 Å². The Morgan fingerprint density at radius 3 is 1.89 bits per heavy atom. The van der Waals surface area contributed by atoms with Gasteiger partial charge in [0.2, 0.25) is 0 Å². The van der Waals surface area contributed by atoms with Gasteiger partial charge in [-0.25, -0.2) is 0 Å². The maximum atomic E-state index is 6.04. The lowest BCUT2D eigenvalue weighted by molar-refractivity contribution is 0.0845. The fourth-order valence-corrected chi connectivity index (χ4v) is 6.30. The van der Waals surface area contributed by atoms with Crippen molar-refractivity contribution < 1.29 is 13.3 Å². The summed E-state index contributed by atoms with van der Waals surface area (Å²) >= 11 is 7.69. The first-order valence-corrected chi connectivity index (χ1v) is 12.2. The van der Waals surface area contributed by atoms with Crippen LogP contribution in [0.2, 0.25) is 5.02 Å². The van der Waals surface area contributed by atoms with E-state index in [9.17, 15) is 0 Å². The smallest absolute Gasteiger partial charge is 0.371 e. The average molecular weight is 423 g/mol. The van der Waals surface area contributed by atoms with Gasteiger partial charge in [-0.1, -0.05) is 53.2 Å². The number of rotatable bonds is 10. The summed E-state index contributed by atoms with van der Waals surface area (Å²) in [5.74, 6) is 0. The van der Waals surface area contributed by atoms with Gasteiger partial charge in [-0.3, -0.25) is 0 Å². The first-order valence-electron chi connectivity index (χ1n) is 9.17. The second-order valence-electron chi connectivity index (χ2n) is 5.83. The molecule has 0 aromatic heterocycles. The Morgan fingerprint density at radius 2 is 1.41 bits per heavy atom. The van der Waals surface area contributed by atoms with Crippen LogP contribution in [0.15, 0.2) is 59.1 Å². The summed E-state index contributed by atoms with van der Waals surface area (Å²) < 4.78 is 18.1. The van der Waals surface area contributed by atoms with Crippen LogP contribution in [-0.4, -0.2) is 28.6 Å². The van der Waals surface area contributed by atoms with Crippen LogP contribution in [0.25, 0.3) is 4.91 Å². The van der Waals surface area contributed by atoms with Gasteiger partial charge in [-0.05, 0) is 57.5 Å². The van der Waals surface area contributed by atoms with Crippen LogP contribution in [0.3, 0.4) is 0 Å². The molecule has 0 amide bonds. The van der Waals surface area contributed by atoms with Crippen LogP contribution in [0.5, 0.6) is 0 Å². The van der Waals surface area contributed by atoms with Crippen LogP contribution < -0.4 is 0 Å². The SMILES string of the molecule is CCO[Si](/C=C(\Sc1ccc(Cl)cc1)c1ccc(C)cc1)(OCC)OCC. The van der Waals surface area contributed by atoms with Gasteiger partial charge in [0.1, 0.15) is 0 Å². The van der Waals surface area contributed by atoms with Gasteiger partial charge in [-0.2, -0.15) is 0 Å². The molecule has 0 aliphatic heterocycles. The molecular formula is C21H27ClO3SSi. The summed E-state index contributed by atoms with van der Waals surface area (Å²) in [5, 5.41) is 0.724. The molecule has 0 spiro atoms. The molecule has 0 heterocycles. The second kappa shape index (κ2) is 11.0. The zero-order chi connectivity index (χ0) is 19.7. The van der Waals surface area contributed by atoms with Crippen molar-refractivity contribution in [1.29, 1.82) is 0 Å². The molecule has 27 heavy (non-hydrogen) atoms. The average Bonchev–Trinajstić information content (AvgIpc) is 2.64. The Bertz CT molecular complexity index is 715. The molecule has 0 saturated carbocycles. The van der Waals surface area contributed by atoms with Crippen molar-refractivity contribution in [2.75, 3.05) is 19.8 Å². The molecule has 0 bridgehead atoms. The molecular weight excluding hydrogens is 396 g/mol. The molecule has 6 heteroatoms. The minimum absolute atomic E-state index is 0.537. The Morgan fingerprint density at radius 1 is 0.889 bits per heavy atom. The number of benzene rings is 2. The molecule has 0 radical (unpaired) electrons. The minimum atomic E-state index is -2.93. The summed E-state index contributed by atoms with van der Waals surface area (Å²) in [6.45, 7) is 9.59. The molecule has 3 nitrogen and oxygen atoms in total. The first kappa shape index (κ1) is 22.2. The number of aryl methyl sites for hydroxylation is 1. The van der Waals surface area contributed by atoms with E-state index in [1.807, 2.05) is 45.0 Å². The second-order valence-corrected chi connectivity index (χ2v) is 9.75. The summed E-state index contributed by atoms with van der Waals surface area (Å²) in [6, 6.07) is 16.3. The third kappa shape index (κ3) is 6.78. The van der Waals surface area contributed by atoms with Gasteiger partial charge in [0.05, 0.1) is 0 Å². The third-order valence-electron chi connectivity index (χ3n) is 3.72. The van der Waals surface area contributed by atoms with Crippen LogP contribution in [0.1, 0.15) is 31.9 Å². The van der Waals surface area contributed by atoms with Crippen LogP contribution in [0.4, 0.5) is 0 Å². The lowest BCUT2D eigenvalue weighted by Crippen LogP contribution is -2.44. The van der Waals surface area contributed by atoms with Crippen LogP contribution >= 0.6 is 23.4 Å². The monoisotopic (exact) mass is 422 g/mol. The number of hydrogen-bond donors (Lipinski definition) is 0. The van der Waals surface area contributed by atoms with E-state index in [2.05, 4.69) is 36.9 Å². The van der Waals surface area contributed by atoms with Gasteiger partial charge in [0, 0.05) is 40.3 Å². The highest BCUT2D eigenvalue weighted by Crippen LogP contribution is 2.36. The lowest BCUT2D eigenvalue weighted by atomic mass is 10.1. The predicted molar refractivity (Wildman–Crippen MR) is 117 cm³/mol. The topological polar surface area (TPSA) is 27.7 Å². The fourth-order valence-electron chi connectivity index (χ4n) is 2.53. The summed E-state index contributed by atoms with van der Waals surface area (Å²) in [5.41, 5.74) is 4.39. The normalized spacial score (nSPS) is 12.4. The molecule has 2 rings (SSSR count). The summed E-state index contributed by atoms with van der Waals surface area (Å²) in [6.07, 6.45) is 0. The molecule has 146 valence electrons. The first-order chi connectivity index (χ1) is 13.0. The van der Waals surface area contributed by atoms with Gasteiger partial charge in [0.15, 0.2) is 0 Å². The van der Waals surface area contributed by atoms with Gasteiger partial charge < -0.3 is 13.3 Å². The van der Waals surface area contributed by atoms with Crippen molar-refractivity contribution in [3.63, 3.8) is 0 Å². The number of thioether (sulfide) groups is 1. The lowest BCUT2D eigenvalue weighted by Gasteiger charge is -2.26. The van der Waals surface area contributed by atoms with Crippen molar-refractivity contribution in [3.8, 4) is 0 Å². The minimum Gasteiger partial charge on any atom is -0.371 e. The van der Waals surface area contributed by atoms with Gasteiger partial charge in [-0.15, -0.1) is 0 Å². The summed E-state index contributed by atoms with van der Waals surface area (Å²) in [7, 11) is -2.93. The van der Waals surface area contributed by atoms with E-state index in [1.165, 1.54) is 5.56 Å². The molecule has 0 N–H and O–H groups in total. The van der Waals surface area contributed by atoms with Crippen molar-refractivity contribution in [3.05, 3.63) is 70.4 Å². The molecule has 2 aromatic rings. The highest BCUT2D eigenvalue weighted by molar-refractivity contribution is 8.08. The van der Waals surface area contributed by atoms with E-state index in [4.69, 9.17) is 24.9 Å². The fraction of sp³-hybridized carbons (Fsp3) is 0.333. The third-order valence-corrected chi connectivity index (χ3v) is 7.98. The van der Waals surface area contributed by atoms with E-state index in [0.717, 1.165) is 20.4 Å². The van der Waals surface area contributed by atoms with E-state index >= 15 is 0 Å². The predicted octanol–water partition coefficient (Wildman–Crippen LogP) is 6.37. The zero-order valence-electron chi connectivity index (χ0n) is 16.3. The van der Waals surface area contributed by atoms with Crippen molar-refractivity contribution in [1.82, 2.24) is 0 Å². The van der Waals surface area contributed by atoms with E-state index in [0.29, 0.717) is 19.8 Å². The quantitative estimate of drug-likeness (QED) is 0.328. The van der Waals surface area contributed by atoms with Crippen LogP contribution in [0, 0.1) is 6.92 Å². The molecule has 0 aliphatic rings. The molecule has 0 unspecified atom stereocenters. The highest BCUT2D eigenvalue weighted by atomic mass is 35.5. The Balaban J connectivity index is 2.48.